The molecular weight excluding hydrogens is 510 g/mol. The van der Waals surface area contributed by atoms with E-state index in [1.54, 1.807) is 19.9 Å². The zero-order valence-electron chi connectivity index (χ0n) is 22.8. The van der Waals surface area contributed by atoms with E-state index in [9.17, 15) is 24.0 Å². The van der Waals surface area contributed by atoms with E-state index >= 15 is 0 Å². The number of hydrogen-bond acceptors (Lipinski definition) is 9. The zero-order valence-corrected chi connectivity index (χ0v) is 22.8. The van der Waals surface area contributed by atoms with Gasteiger partial charge in [-0.1, -0.05) is 31.9 Å². The van der Waals surface area contributed by atoms with Crippen molar-refractivity contribution in [3.8, 4) is 0 Å². The minimum atomic E-state index is -1.18. The number of nitrogens with one attached hydrogen (secondary N) is 1. The van der Waals surface area contributed by atoms with Crippen LogP contribution in [0.25, 0.3) is 0 Å². The molecule has 0 heterocycles. The molecule has 0 saturated heterocycles. The number of carboxylic acid groups (broad SMARTS) is 1. The van der Waals surface area contributed by atoms with Gasteiger partial charge in [-0.15, -0.1) is 0 Å². The Hall–Kier alpha value is -4.25. The maximum atomic E-state index is 11.8. The molecule has 2 N–H and O–H groups in total. The maximum absolute atomic E-state index is 11.8. The fourth-order valence-corrected chi connectivity index (χ4v) is 2.53. The van der Waals surface area contributed by atoms with E-state index in [1.165, 1.54) is 18.2 Å². The lowest BCUT2D eigenvalue weighted by Crippen LogP contribution is -3.10. The van der Waals surface area contributed by atoms with E-state index in [1.807, 2.05) is 7.05 Å². The van der Waals surface area contributed by atoms with E-state index in [0.29, 0.717) is 50.3 Å². The molecule has 11 nitrogen and oxygen atoms in total. The maximum Gasteiger partial charge on any atom is 0.339 e. The van der Waals surface area contributed by atoms with Crippen LogP contribution in [0.4, 0.5) is 0 Å². The van der Waals surface area contributed by atoms with Crippen LogP contribution in [-0.4, -0.2) is 81.5 Å². The number of esters is 4. The number of rotatable bonds is 16. The number of aromatic carboxylic acids is 1. The first-order chi connectivity index (χ1) is 18.4. The number of carbonyl (C=O) groups is 5. The Morgan fingerprint density at radius 3 is 1.69 bits per heavy atom. The fourth-order valence-electron chi connectivity index (χ4n) is 2.53. The average molecular weight is 549 g/mol. The summed E-state index contributed by atoms with van der Waals surface area (Å²) in [6, 6.07) is 5.84. The largest absolute Gasteiger partial charge is 0.478 e. The van der Waals surface area contributed by atoms with Crippen LogP contribution in [0.5, 0.6) is 0 Å². The average Bonchev–Trinajstić information content (AvgIpc) is 2.90. The molecule has 0 aliphatic heterocycles. The molecule has 1 aromatic carbocycles. The van der Waals surface area contributed by atoms with Gasteiger partial charge in [-0.3, -0.25) is 0 Å². The molecule has 0 aromatic heterocycles. The summed E-state index contributed by atoms with van der Waals surface area (Å²) in [5, 5.41) is 8.97. The summed E-state index contributed by atoms with van der Waals surface area (Å²) < 4.78 is 19.7. The second-order valence-electron chi connectivity index (χ2n) is 8.35. The highest BCUT2D eigenvalue weighted by Crippen LogP contribution is 2.10. The Morgan fingerprint density at radius 1 is 0.795 bits per heavy atom. The molecule has 0 saturated carbocycles. The molecule has 0 radical (unpaired) electrons. The summed E-state index contributed by atoms with van der Waals surface area (Å²) >= 11 is 0. The van der Waals surface area contributed by atoms with Gasteiger partial charge in [-0.05, 0) is 38.8 Å². The molecular formula is C28H38NO10+. The van der Waals surface area contributed by atoms with Crippen LogP contribution >= 0.6 is 0 Å². The number of carboxylic acids is 1. The van der Waals surface area contributed by atoms with Crippen molar-refractivity contribution in [3.05, 3.63) is 72.4 Å². The zero-order chi connectivity index (χ0) is 29.8. The Labute approximate surface area is 228 Å². The normalized spacial score (nSPS) is 9.85. The third kappa shape index (κ3) is 16.3. The molecule has 214 valence electrons. The van der Waals surface area contributed by atoms with Crippen LogP contribution in [0.1, 0.15) is 47.4 Å². The Morgan fingerprint density at radius 2 is 1.26 bits per heavy atom. The fraction of sp³-hybridized carbons (Fsp3) is 0.393. The number of benzene rings is 1. The van der Waals surface area contributed by atoms with Gasteiger partial charge in [-0.2, -0.15) is 0 Å². The first-order valence-electron chi connectivity index (χ1n) is 12.2. The van der Waals surface area contributed by atoms with Crippen molar-refractivity contribution in [2.75, 3.05) is 46.6 Å². The SMILES string of the molecule is C=C(C)C(=O)OCC[NH+](C)CCOC(=O)C(=C)C.C=CC(=O)OCCCCOC(=O)c1ccccc1C(=O)O. The lowest BCUT2D eigenvalue weighted by molar-refractivity contribution is -0.880. The minimum absolute atomic E-state index is 0.0167. The van der Waals surface area contributed by atoms with Gasteiger partial charge in [0.2, 0.25) is 0 Å². The molecule has 1 rings (SSSR count). The van der Waals surface area contributed by atoms with Gasteiger partial charge in [0.05, 0.1) is 31.4 Å². The smallest absolute Gasteiger partial charge is 0.339 e. The van der Waals surface area contributed by atoms with Gasteiger partial charge in [0, 0.05) is 17.2 Å². The van der Waals surface area contributed by atoms with Crippen LogP contribution in [0, 0.1) is 0 Å². The standard InChI is InChI=1S/C15H16O6.C13H21NO4/c1-2-13(16)20-9-5-6-10-21-15(19)12-8-4-3-7-11(12)14(17)18;1-10(2)12(15)17-8-6-14(5)7-9-18-13(16)11(3)4/h2-4,7-8H,1,5-6,9-10H2,(H,17,18);1,3,6-9H2,2,4-5H3/p+1. The Balaban J connectivity index is 0.000000751. The van der Waals surface area contributed by atoms with Crippen LogP contribution in [-0.2, 0) is 33.3 Å². The summed E-state index contributed by atoms with van der Waals surface area (Å²) in [5.74, 6) is -3.12. The van der Waals surface area contributed by atoms with Crippen molar-refractivity contribution in [2.45, 2.75) is 26.7 Å². The molecule has 0 aliphatic carbocycles. The highest BCUT2D eigenvalue weighted by molar-refractivity contribution is 6.02. The molecule has 0 aliphatic rings. The van der Waals surface area contributed by atoms with Crippen molar-refractivity contribution in [1.29, 1.82) is 0 Å². The molecule has 0 atom stereocenters. The molecule has 39 heavy (non-hydrogen) atoms. The van der Waals surface area contributed by atoms with E-state index in [0.717, 1.165) is 11.0 Å². The predicted molar refractivity (Wildman–Crippen MR) is 142 cm³/mol. The number of carbonyl (C=O) groups excluding carboxylic acids is 4. The summed E-state index contributed by atoms with van der Waals surface area (Å²) in [6.45, 7) is 15.8. The van der Waals surface area contributed by atoms with Crippen molar-refractivity contribution in [2.24, 2.45) is 0 Å². The molecule has 0 fully saturated rings. The number of unbranched alkanes of at least 4 members (excludes halogenated alkanes) is 1. The van der Waals surface area contributed by atoms with Crippen molar-refractivity contribution < 1.29 is 52.9 Å². The van der Waals surface area contributed by atoms with Gasteiger partial charge < -0.3 is 29.0 Å². The Kier molecular flexibility index (Phi) is 17.6. The molecule has 0 spiro atoms. The summed E-state index contributed by atoms with van der Waals surface area (Å²) in [4.78, 5) is 56.8. The van der Waals surface area contributed by atoms with Crippen LogP contribution in [0.2, 0.25) is 0 Å². The number of ether oxygens (including phenoxy) is 4. The van der Waals surface area contributed by atoms with Gasteiger partial charge in [0.15, 0.2) is 0 Å². The van der Waals surface area contributed by atoms with E-state index in [-0.39, 0.29) is 36.3 Å². The van der Waals surface area contributed by atoms with E-state index < -0.39 is 17.9 Å². The van der Waals surface area contributed by atoms with Crippen LogP contribution < -0.4 is 4.90 Å². The van der Waals surface area contributed by atoms with Gasteiger partial charge in [-0.25, -0.2) is 24.0 Å². The number of likely N-dealkylation sites (N-methyl/N-ethyl adjacent to an activating group) is 1. The van der Waals surface area contributed by atoms with Crippen LogP contribution in [0.15, 0.2) is 61.2 Å². The lowest BCUT2D eigenvalue weighted by atomic mass is 10.1. The highest BCUT2D eigenvalue weighted by atomic mass is 16.5. The quantitative estimate of drug-likeness (QED) is 0.136. The highest BCUT2D eigenvalue weighted by Gasteiger charge is 2.16. The van der Waals surface area contributed by atoms with E-state index in [2.05, 4.69) is 19.7 Å². The second kappa shape index (κ2) is 19.8. The Bertz CT molecular complexity index is 999. The topological polar surface area (TPSA) is 147 Å². The first kappa shape index (κ1) is 34.8. The van der Waals surface area contributed by atoms with Gasteiger partial charge >= 0.3 is 29.8 Å². The summed E-state index contributed by atoms with van der Waals surface area (Å²) in [6.07, 6.45) is 2.11. The first-order valence-corrected chi connectivity index (χ1v) is 12.2. The molecule has 0 amide bonds. The number of hydrogen-bond donors (Lipinski definition) is 2. The monoisotopic (exact) mass is 548 g/mol. The van der Waals surface area contributed by atoms with Crippen LogP contribution in [0.3, 0.4) is 0 Å². The molecule has 11 heteroatoms. The van der Waals surface area contributed by atoms with Gasteiger partial charge in [0.1, 0.15) is 26.3 Å². The van der Waals surface area contributed by atoms with E-state index in [4.69, 9.17) is 24.1 Å². The number of quaternary nitrogens is 1. The van der Waals surface area contributed by atoms with Crippen molar-refractivity contribution in [3.63, 3.8) is 0 Å². The third-order valence-electron chi connectivity index (χ3n) is 4.78. The third-order valence-corrected chi connectivity index (χ3v) is 4.78. The van der Waals surface area contributed by atoms with Crippen molar-refractivity contribution in [1.82, 2.24) is 0 Å². The predicted octanol–water partition coefficient (Wildman–Crippen LogP) is 1.79. The minimum Gasteiger partial charge on any atom is -0.478 e. The summed E-state index contributed by atoms with van der Waals surface area (Å²) in [7, 11) is 1.93. The molecule has 0 unspecified atom stereocenters. The van der Waals surface area contributed by atoms with Gasteiger partial charge in [0.25, 0.3) is 0 Å². The molecule has 1 aromatic rings. The second-order valence-corrected chi connectivity index (χ2v) is 8.35. The lowest BCUT2D eigenvalue weighted by Gasteiger charge is -2.14. The summed E-state index contributed by atoms with van der Waals surface area (Å²) in [5.41, 5.74) is 0.705. The molecule has 0 bridgehead atoms. The van der Waals surface area contributed by atoms with Crippen molar-refractivity contribution >= 4 is 29.8 Å².